The molecule has 0 unspecified atom stereocenters. The third-order valence-electron chi connectivity index (χ3n) is 4.93. The minimum absolute atomic E-state index is 0.246. The van der Waals surface area contributed by atoms with Crippen molar-refractivity contribution in [1.82, 2.24) is 9.80 Å². The van der Waals surface area contributed by atoms with Crippen LogP contribution in [0.15, 0.2) is 24.3 Å². The molecule has 1 amide bonds. The van der Waals surface area contributed by atoms with Crippen LogP contribution in [0.5, 0.6) is 5.75 Å². The van der Waals surface area contributed by atoms with Crippen LogP contribution in [0.4, 0.5) is 0 Å². The number of carbonyl (C=O) groups excluding carboxylic acids is 1. The van der Waals surface area contributed by atoms with Crippen molar-refractivity contribution in [2.24, 2.45) is 0 Å². The average molecular weight is 318 g/mol. The lowest BCUT2D eigenvalue weighted by Crippen LogP contribution is -2.47. The van der Waals surface area contributed by atoms with Crippen molar-refractivity contribution in [2.45, 2.75) is 51.6 Å². The molecule has 23 heavy (non-hydrogen) atoms. The van der Waals surface area contributed by atoms with Gasteiger partial charge in [0.25, 0.3) is 0 Å². The SMILES string of the molecule is COc1cccc(CCC(=O)N(C)C2CCN(C(C)C)CC2)c1. The maximum atomic E-state index is 12.5. The normalized spacial score (nSPS) is 16.6. The second-order valence-corrected chi connectivity index (χ2v) is 6.72. The first kappa shape index (κ1) is 17.8. The van der Waals surface area contributed by atoms with E-state index in [0.29, 0.717) is 18.5 Å². The molecule has 1 fully saturated rings. The zero-order valence-corrected chi connectivity index (χ0v) is 14.9. The van der Waals surface area contributed by atoms with E-state index < -0.39 is 0 Å². The molecule has 0 spiro atoms. The van der Waals surface area contributed by atoms with Gasteiger partial charge in [-0.25, -0.2) is 0 Å². The Morgan fingerprint density at radius 2 is 2.04 bits per heavy atom. The summed E-state index contributed by atoms with van der Waals surface area (Å²) in [5.41, 5.74) is 1.15. The molecule has 0 N–H and O–H groups in total. The summed E-state index contributed by atoms with van der Waals surface area (Å²) in [6.07, 6.45) is 3.50. The van der Waals surface area contributed by atoms with Crippen LogP contribution in [0.3, 0.4) is 0 Å². The Kier molecular flexibility index (Phi) is 6.46. The van der Waals surface area contributed by atoms with Gasteiger partial charge in [0.15, 0.2) is 0 Å². The first-order valence-electron chi connectivity index (χ1n) is 8.64. The summed E-state index contributed by atoms with van der Waals surface area (Å²) >= 11 is 0. The molecule has 0 atom stereocenters. The summed E-state index contributed by atoms with van der Waals surface area (Å²) in [6.45, 7) is 6.67. The molecule has 2 rings (SSSR count). The highest BCUT2D eigenvalue weighted by Crippen LogP contribution is 2.19. The van der Waals surface area contributed by atoms with Crippen LogP contribution < -0.4 is 4.74 Å². The Morgan fingerprint density at radius 3 is 2.65 bits per heavy atom. The van der Waals surface area contributed by atoms with Crippen LogP contribution in [0.1, 0.15) is 38.7 Å². The second-order valence-electron chi connectivity index (χ2n) is 6.72. The summed E-state index contributed by atoms with van der Waals surface area (Å²) in [4.78, 5) is 16.9. The van der Waals surface area contributed by atoms with Gasteiger partial charge in [0.1, 0.15) is 5.75 Å². The van der Waals surface area contributed by atoms with Crippen molar-refractivity contribution >= 4 is 5.91 Å². The number of piperidine rings is 1. The number of hydrogen-bond donors (Lipinski definition) is 0. The number of amides is 1. The number of nitrogens with zero attached hydrogens (tertiary/aromatic N) is 2. The monoisotopic (exact) mass is 318 g/mol. The Hall–Kier alpha value is -1.55. The molecule has 0 bridgehead atoms. The first-order valence-corrected chi connectivity index (χ1v) is 8.64. The van der Waals surface area contributed by atoms with Gasteiger partial charge in [-0.15, -0.1) is 0 Å². The van der Waals surface area contributed by atoms with Crippen LogP contribution in [0.25, 0.3) is 0 Å². The molecular formula is C19H30N2O2. The highest BCUT2D eigenvalue weighted by Gasteiger charge is 2.25. The van der Waals surface area contributed by atoms with Crippen LogP contribution in [0.2, 0.25) is 0 Å². The molecule has 1 heterocycles. The lowest BCUT2D eigenvalue weighted by Gasteiger charge is -2.38. The van der Waals surface area contributed by atoms with Gasteiger partial charge in [-0.3, -0.25) is 4.79 Å². The highest BCUT2D eigenvalue weighted by molar-refractivity contribution is 5.76. The van der Waals surface area contributed by atoms with Gasteiger partial charge in [-0.05, 0) is 50.8 Å². The largest absolute Gasteiger partial charge is 0.497 e. The lowest BCUT2D eigenvalue weighted by molar-refractivity contribution is -0.132. The smallest absolute Gasteiger partial charge is 0.222 e. The van der Waals surface area contributed by atoms with Crippen molar-refractivity contribution in [3.63, 3.8) is 0 Å². The van der Waals surface area contributed by atoms with Gasteiger partial charge >= 0.3 is 0 Å². The van der Waals surface area contributed by atoms with Gasteiger partial charge in [-0.1, -0.05) is 12.1 Å². The summed E-state index contributed by atoms with van der Waals surface area (Å²) in [7, 11) is 3.63. The molecule has 128 valence electrons. The molecule has 4 nitrogen and oxygen atoms in total. The van der Waals surface area contributed by atoms with Crippen molar-refractivity contribution in [3.8, 4) is 5.75 Å². The van der Waals surface area contributed by atoms with Crippen molar-refractivity contribution < 1.29 is 9.53 Å². The van der Waals surface area contributed by atoms with Gasteiger partial charge < -0.3 is 14.5 Å². The fraction of sp³-hybridized carbons (Fsp3) is 0.632. The molecular weight excluding hydrogens is 288 g/mol. The van der Waals surface area contributed by atoms with E-state index in [1.54, 1.807) is 7.11 Å². The van der Waals surface area contributed by atoms with Crippen LogP contribution >= 0.6 is 0 Å². The number of methoxy groups -OCH3 is 1. The molecule has 0 aliphatic carbocycles. The van der Waals surface area contributed by atoms with Gasteiger partial charge in [0.05, 0.1) is 7.11 Å². The van der Waals surface area contributed by atoms with Crippen molar-refractivity contribution in [3.05, 3.63) is 29.8 Å². The first-order chi connectivity index (χ1) is 11.0. The number of benzene rings is 1. The van der Waals surface area contributed by atoms with Gasteiger partial charge in [-0.2, -0.15) is 0 Å². The molecule has 0 radical (unpaired) electrons. The number of aryl methyl sites for hydroxylation is 1. The summed E-state index contributed by atoms with van der Waals surface area (Å²) < 4.78 is 5.23. The van der Waals surface area contributed by atoms with Crippen LogP contribution in [-0.2, 0) is 11.2 Å². The van der Waals surface area contributed by atoms with Gasteiger partial charge in [0, 0.05) is 38.6 Å². The maximum Gasteiger partial charge on any atom is 0.222 e. The Morgan fingerprint density at radius 1 is 1.35 bits per heavy atom. The van der Waals surface area contributed by atoms with E-state index in [9.17, 15) is 4.79 Å². The number of hydrogen-bond acceptors (Lipinski definition) is 3. The van der Waals surface area contributed by atoms with E-state index in [0.717, 1.165) is 43.7 Å². The summed E-state index contributed by atoms with van der Waals surface area (Å²) in [6, 6.07) is 8.96. The molecule has 1 saturated heterocycles. The molecule has 0 aromatic heterocycles. The molecule has 4 heteroatoms. The predicted octanol–water partition coefficient (Wildman–Crippen LogP) is 2.96. The van der Waals surface area contributed by atoms with Crippen LogP contribution in [-0.4, -0.2) is 55.0 Å². The fourth-order valence-corrected chi connectivity index (χ4v) is 3.25. The fourth-order valence-electron chi connectivity index (χ4n) is 3.25. The van der Waals surface area contributed by atoms with Crippen molar-refractivity contribution in [2.75, 3.05) is 27.2 Å². The minimum Gasteiger partial charge on any atom is -0.497 e. The average Bonchev–Trinajstić information content (AvgIpc) is 2.59. The maximum absolute atomic E-state index is 12.5. The number of carbonyl (C=O) groups is 1. The van der Waals surface area contributed by atoms with Crippen LogP contribution in [0, 0.1) is 0 Å². The number of rotatable bonds is 6. The second kappa shape index (κ2) is 8.34. The van der Waals surface area contributed by atoms with E-state index in [4.69, 9.17) is 4.74 Å². The number of ether oxygens (including phenoxy) is 1. The van der Waals surface area contributed by atoms with E-state index in [1.165, 1.54) is 0 Å². The zero-order chi connectivity index (χ0) is 16.8. The minimum atomic E-state index is 0.246. The predicted molar refractivity (Wildman–Crippen MR) is 93.8 cm³/mol. The number of likely N-dealkylation sites (tertiary alicyclic amines) is 1. The molecule has 0 saturated carbocycles. The Bertz CT molecular complexity index is 508. The highest BCUT2D eigenvalue weighted by atomic mass is 16.5. The molecule has 1 aliphatic heterocycles. The topological polar surface area (TPSA) is 32.8 Å². The third-order valence-corrected chi connectivity index (χ3v) is 4.93. The van der Waals surface area contributed by atoms with Gasteiger partial charge in [0.2, 0.25) is 5.91 Å². The lowest BCUT2D eigenvalue weighted by atomic mass is 10.0. The quantitative estimate of drug-likeness (QED) is 0.808. The Labute approximate surface area is 140 Å². The van der Waals surface area contributed by atoms with Crippen molar-refractivity contribution in [1.29, 1.82) is 0 Å². The Balaban J connectivity index is 1.81. The molecule has 1 aliphatic rings. The van der Waals surface area contributed by atoms with E-state index >= 15 is 0 Å². The third kappa shape index (κ3) is 4.96. The molecule has 1 aromatic carbocycles. The van der Waals surface area contributed by atoms with E-state index in [-0.39, 0.29) is 5.91 Å². The standard InChI is InChI=1S/C19H30N2O2/c1-15(2)21-12-10-17(11-13-21)20(3)19(22)9-8-16-6-5-7-18(14-16)23-4/h5-7,14-15,17H,8-13H2,1-4H3. The van der Waals surface area contributed by atoms with E-state index in [1.807, 2.05) is 30.1 Å². The molecule has 1 aromatic rings. The summed E-state index contributed by atoms with van der Waals surface area (Å²) in [5, 5.41) is 0. The van der Waals surface area contributed by atoms with E-state index in [2.05, 4.69) is 24.8 Å². The zero-order valence-electron chi connectivity index (χ0n) is 14.9. The summed E-state index contributed by atoms with van der Waals surface area (Å²) in [5.74, 6) is 1.10.